The van der Waals surface area contributed by atoms with Crippen LogP contribution in [0.2, 0.25) is 0 Å². The van der Waals surface area contributed by atoms with Gasteiger partial charge in [0, 0.05) is 5.56 Å². The first-order valence-electron chi connectivity index (χ1n) is 7.58. The number of ether oxygens (including phenoxy) is 2. The molecule has 0 aromatic heterocycles. The first kappa shape index (κ1) is 18.3. The van der Waals surface area contributed by atoms with Crippen LogP contribution in [-0.2, 0) is 4.79 Å². The highest BCUT2D eigenvalue weighted by Crippen LogP contribution is 2.19. The molecule has 0 radical (unpaired) electrons. The number of carbonyl (C=O) groups excluding carboxylic acids is 2. The topological polar surface area (TPSA) is 76.7 Å². The smallest absolute Gasteiger partial charge is 0.279 e. The van der Waals surface area contributed by atoms with Gasteiger partial charge in [0.2, 0.25) is 0 Å². The van der Waals surface area contributed by atoms with Gasteiger partial charge in [-0.3, -0.25) is 20.4 Å². The van der Waals surface area contributed by atoms with Gasteiger partial charge in [-0.25, -0.2) is 4.39 Å². The summed E-state index contributed by atoms with van der Waals surface area (Å²) in [6, 6.07) is 10.7. The van der Waals surface area contributed by atoms with Crippen LogP contribution in [0.1, 0.15) is 22.8 Å². The summed E-state index contributed by atoms with van der Waals surface area (Å²) in [4.78, 5) is 24.1. The molecule has 25 heavy (non-hydrogen) atoms. The normalized spacial score (nSPS) is 11.4. The van der Waals surface area contributed by atoms with Gasteiger partial charge in [0.05, 0.1) is 7.11 Å². The van der Waals surface area contributed by atoms with Gasteiger partial charge in [-0.1, -0.05) is 18.2 Å². The highest BCUT2D eigenvalue weighted by Gasteiger charge is 2.17. The zero-order valence-electron chi connectivity index (χ0n) is 14.1. The molecule has 0 aliphatic rings. The maximum atomic E-state index is 13.5. The molecular weight excluding hydrogens is 327 g/mol. The molecule has 1 atom stereocenters. The molecule has 0 saturated heterocycles. The SMILES string of the molecule is COc1cc(C(=O)NNC(=O)[C@@H](C)Oc2ccccc2F)ccc1C. The maximum absolute atomic E-state index is 13.5. The second kappa shape index (κ2) is 8.14. The zero-order valence-corrected chi connectivity index (χ0v) is 14.1. The first-order valence-corrected chi connectivity index (χ1v) is 7.58. The fraction of sp³-hybridized carbons (Fsp3) is 0.222. The summed E-state index contributed by atoms with van der Waals surface area (Å²) in [6.07, 6.45) is -0.996. The van der Waals surface area contributed by atoms with Crippen LogP contribution < -0.4 is 20.3 Å². The Hall–Kier alpha value is -3.09. The molecule has 6 nitrogen and oxygen atoms in total. The number of methoxy groups -OCH3 is 1. The molecule has 2 amide bonds. The summed E-state index contributed by atoms with van der Waals surface area (Å²) in [5.41, 5.74) is 5.74. The third kappa shape index (κ3) is 4.69. The van der Waals surface area contributed by atoms with Crippen LogP contribution in [0.3, 0.4) is 0 Å². The van der Waals surface area contributed by atoms with Crippen LogP contribution in [0.25, 0.3) is 0 Å². The minimum atomic E-state index is -0.996. The van der Waals surface area contributed by atoms with Crippen molar-refractivity contribution in [3.8, 4) is 11.5 Å². The van der Waals surface area contributed by atoms with Crippen LogP contribution in [0.15, 0.2) is 42.5 Å². The standard InChI is InChI=1S/C18H19FN2O4/c1-11-8-9-13(10-16(11)24-3)18(23)21-20-17(22)12(2)25-15-7-5-4-6-14(15)19/h4-10,12H,1-3H3,(H,20,22)(H,21,23)/t12-/m1/s1. The Bertz CT molecular complexity index is 779. The van der Waals surface area contributed by atoms with Gasteiger partial charge < -0.3 is 9.47 Å². The molecule has 2 aromatic rings. The van der Waals surface area contributed by atoms with E-state index in [1.54, 1.807) is 24.3 Å². The molecule has 0 fully saturated rings. The van der Waals surface area contributed by atoms with E-state index in [0.717, 1.165) is 5.56 Å². The molecule has 0 saturated carbocycles. The lowest BCUT2D eigenvalue weighted by atomic mass is 10.1. The lowest BCUT2D eigenvalue weighted by molar-refractivity contribution is -0.128. The minimum absolute atomic E-state index is 0.0419. The third-order valence-electron chi connectivity index (χ3n) is 3.48. The van der Waals surface area contributed by atoms with Gasteiger partial charge in [-0.15, -0.1) is 0 Å². The van der Waals surface area contributed by atoms with Crippen molar-refractivity contribution >= 4 is 11.8 Å². The lowest BCUT2D eigenvalue weighted by Gasteiger charge is -2.15. The number of nitrogens with one attached hydrogen (secondary N) is 2. The Morgan fingerprint density at radius 1 is 1.08 bits per heavy atom. The molecule has 2 N–H and O–H groups in total. The van der Waals surface area contributed by atoms with E-state index in [1.807, 2.05) is 6.92 Å². The second-order valence-electron chi connectivity index (χ2n) is 5.32. The molecule has 0 aliphatic heterocycles. The molecule has 0 spiro atoms. The van der Waals surface area contributed by atoms with E-state index >= 15 is 0 Å². The summed E-state index contributed by atoms with van der Waals surface area (Å²) in [7, 11) is 1.51. The van der Waals surface area contributed by atoms with Crippen molar-refractivity contribution < 1.29 is 23.5 Å². The minimum Gasteiger partial charge on any atom is -0.496 e. The van der Waals surface area contributed by atoms with Crippen LogP contribution in [0.4, 0.5) is 4.39 Å². The van der Waals surface area contributed by atoms with Crippen LogP contribution >= 0.6 is 0 Å². The molecular formula is C18H19FN2O4. The Balaban J connectivity index is 1.92. The van der Waals surface area contributed by atoms with Crippen molar-refractivity contribution in [1.29, 1.82) is 0 Å². The van der Waals surface area contributed by atoms with E-state index in [-0.39, 0.29) is 5.75 Å². The monoisotopic (exact) mass is 346 g/mol. The fourth-order valence-electron chi connectivity index (χ4n) is 2.04. The second-order valence-corrected chi connectivity index (χ2v) is 5.32. The number of hydrogen-bond acceptors (Lipinski definition) is 4. The largest absolute Gasteiger partial charge is 0.496 e. The van der Waals surface area contributed by atoms with Gasteiger partial charge in [0.15, 0.2) is 17.7 Å². The molecule has 0 aliphatic carbocycles. The Labute approximate surface area is 144 Å². The van der Waals surface area contributed by atoms with Crippen molar-refractivity contribution in [2.45, 2.75) is 20.0 Å². The Kier molecular flexibility index (Phi) is 5.94. The maximum Gasteiger partial charge on any atom is 0.279 e. The molecule has 132 valence electrons. The average molecular weight is 346 g/mol. The fourth-order valence-corrected chi connectivity index (χ4v) is 2.04. The number of rotatable bonds is 5. The molecule has 0 bridgehead atoms. The van der Waals surface area contributed by atoms with Crippen molar-refractivity contribution in [2.24, 2.45) is 0 Å². The van der Waals surface area contributed by atoms with E-state index < -0.39 is 23.7 Å². The van der Waals surface area contributed by atoms with Crippen molar-refractivity contribution in [3.63, 3.8) is 0 Å². The summed E-state index contributed by atoms with van der Waals surface area (Å²) in [6.45, 7) is 3.30. The summed E-state index contributed by atoms with van der Waals surface area (Å²) in [5.74, 6) is -1.17. The summed E-state index contributed by atoms with van der Waals surface area (Å²) >= 11 is 0. The van der Waals surface area contributed by atoms with Gasteiger partial charge in [0.25, 0.3) is 11.8 Å². The number of benzene rings is 2. The highest BCUT2D eigenvalue weighted by molar-refractivity contribution is 5.96. The van der Waals surface area contributed by atoms with Crippen LogP contribution in [0, 0.1) is 12.7 Å². The van der Waals surface area contributed by atoms with Crippen LogP contribution in [-0.4, -0.2) is 25.0 Å². The first-order chi connectivity index (χ1) is 11.9. The van der Waals surface area contributed by atoms with Crippen molar-refractivity contribution in [1.82, 2.24) is 10.9 Å². The molecule has 2 aromatic carbocycles. The molecule has 0 heterocycles. The quantitative estimate of drug-likeness (QED) is 0.815. The molecule has 7 heteroatoms. The number of halogens is 1. The number of hydrazine groups is 1. The highest BCUT2D eigenvalue weighted by atomic mass is 19.1. The summed E-state index contributed by atoms with van der Waals surface area (Å²) in [5, 5.41) is 0. The van der Waals surface area contributed by atoms with E-state index in [0.29, 0.717) is 11.3 Å². The van der Waals surface area contributed by atoms with E-state index in [2.05, 4.69) is 10.9 Å². The third-order valence-corrected chi connectivity index (χ3v) is 3.48. The predicted molar refractivity (Wildman–Crippen MR) is 89.8 cm³/mol. The number of amides is 2. The van der Waals surface area contributed by atoms with Gasteiger partial charge >= 0.3 is 0 Å². The van der Waals surface area contributed by atoms with E-state index in [9.17, 15) is 14.0 Å². The molecule has 0 unspecified atom stereocenters. The van der Waals surface area contributed by atoms with Gasteiger partial charge in [-0.05, 0) is 43.7 Å². The molecule has 2 rings (SSSR count). The zero-order chi connectivity index (χ0) is 18.4. The summed E-state index contributed by atoms with van der Waals surface area (Å²) < 4.78 is 23.9. The van der Waals surface area contributed by atoms with Crippen LogP contribution in [0.5, 0.6) is 11.5 Å². The van der Waals surface area contributed by atoms with Crippen molar-refractivity contribution in [2.75, 3.05) is 7.11 Å². The number of para-hydroxylation sites is 1. The Morgan fingerprint density at radius 3 is 2.48 bits per heavy atom. The predicted octanol–water partition coefficient (Wildman–Crippen LogP) is 2.37. The Morgan fingerprint density at radius 2 is 1.80 bits per heavy atom. The number of aryl methyl sites for hydroxylation is 1. The lowest BCUT2D eigenvalue weighted by Crippen LogP contribution is -2.47. The van der Waals surface area contributed by atoms with Gasteiger partial charge in [0.1, 0.15) is 5.75 Å². The van der Waals surface area contributed by atoms with Crippen molar-refractivity contribution in [3.05, 3.63) is 59.4 Å². The van der Waals surface area contributed by atoms with E-state index in [1.165, 1.54) is 32.2 Å². The average Bonchev–Trinajstić information content (AvgIpc) is 2.61. The number of carbonyl (C=O) groups is 2. The number of hydrogen-bond donors (Lipinski definition) is 2. The van der Waals surface area contributed by atoms with E-state index in [4.69, 9.17) is 9.47 Å². The van der Waals surface area contributed by atoms with Gasteiger partial charge in [-0.2, -0.15) is 0 Å².